The van der Waals surface area contributed by atoms with Gasteiger partial charge in [0, 0.05) is 38.4 Å². The van der Waals surface area contributed by atoms with Gasteiger partial charge in [-0.1, -0.05) is 0 Å². The fourth-order valence-electron chi connectivity index (χ4n) is 1.84. The molecule has 0 aromatic heterocycles. The quantitative estimate of drug-likeness (QED) is 0.294. The van der Waals surface area contributed by atoms with Gasteiger partial charge < -0.3 is 14.4 Å². The predicted octanol–water partition coefficient (Wildman–Crippen LogP) is 1.65. The summed E-state index contributed by atoms with van der Waals surface area (Å²) >= 11 is 0. The van der Waals surface area contributed by atoms with Crippen molar-refractivity contribution >= 4 is 23.6 Å². The highest BCUT2D eigenvalue weighted by Crippen LogP contribution is 2.13. The Morgan fingerprint density at radius 2 is 1.88 bits per heavy atom. The van der Waals surface area contributed by atoms with Gasteiger partial charge in [-0.2, -0.15) is 0 Å². The molecule has 0 heterocycles. The fraction of sp³-hybridized carbons (Fsp3) is 0.375. The zero-order chi connectivity index (χ0) is 17.9. The number of carbonyl (C=O) groups is 2. The van der Waals surface area contributed by atoms with Crippen molar-refractivity contribution in [1.82, 2.24) is 4.90 Å². The molecule has 0 radical (unpaired) electrons. The molecule has 1 rings (SSSR count). The number of carbonyl (C=O) groups excluding carboxylic acids is 2. The van der Waals surface area contributed by atoms with Gasteiger partial charge in [0.05, 0.1) is 25.1 Å². The standard InChI is InChI=1S/C16H20N2O6/c1-23-12-11-17(10-9-16(20)24-2)15(19)8-5-13-3-6-14(7-4-13)18(21)22/h3-8H,9-12H2,1-2H3/b8-5+. The zero-order valence-corrected chi connectivity index (χ0v) is 13.6. The molecule has 8 nitrogen and oxygen atoms in total. The molecule has 0 aliphatic carbocycles. The van der Waals surface area contributed by atoms with Gasteiger partial charge in [0.2, 0.25) is 5.91 Å². The predicted molar refractivity (Wildman–Crippen MR) is 87.2 cm³/mol. The van der Waals surface area contributed by atoms with E-state index < -0.39 is 10.9 Å². The van der Waals surface area contributed by atoms with Crippen LogP contribution in [0.1, 0.15) is 12.0 Å². The summed E-state index contributed by atoms with van der Waals surface area (Å²) in [5.41, 5.74) is 0.645. The molecule has 0 fully saturated rings. The van der Waals surface area contributed by atoms with Crippen LogP contribution >= 0.6 is 0 Å². The van der Waals surface area contributed by atoms with E-state index in [1.165, 1.54) is 37.3 Å². The average molecular weight is 336 g/mol. The van der Waals surface area contributed by atoms with Crippen molar-refractivity contribution in [3.8, 4) is 0 Å². The van der Waals surface area contributed by atoms with Crippen LogP contribution in [0, 0.1) is 10.1 Å². The SMILES string of the molecule is COCCN(CCC(=O)OC)C(=O)/C=C/c1ccc([N+](=O)[O-])cc1. The number of nitrogens with zero attached hydrogens (tertiary/aromatic N) is 2. The van der Waals surface area contributed by atoms with Crippen LogP contribution in [0.5, 0.6) is 0 Å². The molecule has 0 spiro atoms. The largest absolute Gasteiger partial charge is 0.469 e. The molecular weight excluding hydrogens is 316 g/mol. The van der Waals surface area contributed by atoms with E-state index >= 15 is 0 Å². The lowest BCUT2D eigenvalue weighted by Gasteiger charge is -2.20. The third-order valence-corrected chi connectivity index (χ3v) is 3.21. The smallest absolute Gasteiger partial charge is 0.307 e. The van der Waals surface area contributed by atoms with Crippen LogP contribution in [0.15, 0.2) is 30.3 Å². The van der Waals surface area contributed by atoms with E-state index in [0.29, 0.717) is 18.7 Å². The maximum Gasteiger partial charge on any atom is 0.307 e. The van der Waals surface area contributed by atoms with Gasteiger partial charge in [-0.05, 0) is 23.8 Å². The maximum atomic E-state index is 12.2. The summed E-state index contributed by atoms with van der Waals surface area (Å²) in [7, 11) is 2.81. The zero-order valence-electron chi connectivity index (χ0n) is 13.6. The van der Waals surface area contributed by atoms with E-state index in [1.54, 1.807) is 18.2 Å². The number of hydrogen-bond donors (Lipinski definition) is 0. The Balaban J connectivity index is 2.70. The average Bonchev–Trinajstić information content (AvgIpc) is 2.59. The summed E-state index contributed by atoms with van der Waals surface area (Å²) < 4.78 is 9.52. The van der Waals surface area contributed by atoms with Gasteiger partial charge in [-0.15, -0.1) is 0 Å². The lowest BCUT2D eigenvalue weighted by Crippen LogP contribution is -2.34. The first-order valence-corrected chi connectivity index (χ1v) is 7.25. The first kappa shape index (κ1) is 19.3. The van der Waals surface area contributed by atoms with Crippen LogP contribution < -0.4 is 0 Å². The summed E-state index contributed by atoms with van der Waals surface area (Å²) in [6.07, 6.45) is 3.01. The molecule has 0 aliphatic rings. The third-order valence-electron chi connectivity index (χ3n) is 3.21. The Hall–Kier alpha value is -2.74. The number of ether oxygens (including phenoxy) is 2. The van der Waals surface area contributed by atoms with Crippen molar-refractivity contribution in [1.29, 1.82) is 0 Å². The second-order valence-electron chi connectivity index (χ2n) is 4.83. The number of rotatable bonds is 9. The Kier molecular flexibility index (Phi) is 8.14. The Morgan fingerprint density at radius 3 is 2.42 bits per heavy atom. The molecule has 1 aromatic rings. The Bertz CT molecular complexity index is 597. The molecular formula is C16H20N2O6. The van der Waals surface area contributed by atoms with E-state index in [9.17, 15) is 19.7 Å². The minimum Gasteiger partial charge on any atom is -0.469 e. The molecule has 0 saturated heterocycles. The van der Waals surface area contributed by atoms with Crippen LogP contribution in [0.25, 0.3) is 6.08 Å². The van der Waals surface area contributed by atoms with Crippen molar-refractivity contribution in [2.75, 3.05) is 33.9 Å². The van der Waals surface area contributed by atoms with E-state index in [1.807, 2.05) is 0 Å². The second-order valence-corrected chi connectivity index (χ2v) is 4.83. The molecule has 0 saturated carbocycles. The monoisotopic (exact) mass is 336 g/mol. The number of esters is 1. The molecule has 1 amide bonds. The number of methoxy groups -OCH3 is 2. The minimum absolute atomic E-state index is 0.0155. The van der Waals surface area contributed by atoms with E-state index in [4.69, 9.17) is 4.74 Å². The highest BCUT2D eigenvalue weighted by molar-refractivity contribution is 5.92. The fourth-order valence-corrected chi connectivity index (χ4v) is 1.84. The number of nitro benzene ring substituents is 1. The molecule has 0 atom stereocenters. The van der Waals surface area contributed by atoms with Crippen molar-refractivity contribution in [2.45, 2.75) is 6.42 Å². The number of non-ortho nitro benzene ring substituents is 1. The van der Waals surface area contributed by atoms with Gasteiger partial charge in [-0.3, -0.25) is 19.7 Å². The van der Waals surface area contributed by atoms with E-state index in [-0.39, 0.29) is 24.6 Å². The highest BCUT2D eigenvalue weighted by Gasteiger charge is 2.12. The molecule has 8 heteroatoms. The van der Waals surface area contributed by atoms with Crippen LogP contribution in [-0.2, 0) is 19.1 Å². The normalized spacial score (nSPS) is 10.6. The number of nitro groups is 1. The summed E-state index contributed by atoms with van der Waals surface area (Å²) in [4.78, 5) is 35.0. The van der Waals surface area contributed by atoms with E-state index in [2.05, 4.69) is 4.74 Å². The lowest BCUT2D eigenvalue weighted by molar-refractivity contribution is -0.384. The maximum absolute atomic E-state index is 12.2. The molecule has 0 unspecified atom stereocenters. The van der Waals surface area contributed by atoms with E-state index in [0.717, 1.165) is 0 Å². The van der Waals surface area contributed by atoms with Crippen LogP contribution in [-0.4, -0.2) is 55.6 Å². The van der Waals surface area contributed by atoms with Gasteiger partial charge in [0.1, 0.15) is 0 Å². The number of hydrogen-bond acceptors (Lipinski definition) is 6. The topological polar surface area (TPSA) is 99.0 Å². The van der Waals surface area contributed by atoms with Crippen molar-refractivity contribution in [3.05, 3.63) is 46.0 Å². The van der Waals surface area contributed by atoms with Crippen molar-refractivity contribution < 1.29 is 24.0 Å². The van der Waals surface area contributed by atoms with Crippen molar-refractivity contribution in [2.24, 2.45) is 0 Å². The van der Waals surface area contributed by atoms with Gasteiger partial charge in [0.15, 0.2) is 0 Å². The number of amides is 1. The highest BCUT2D eigenvalue weighted by atomic mass is 16.6. The minimum atomic E-state index is -0.488. The molecule has 1 aromatic carbocycles. The summed E-state index contributed by atoms with van der Waals surface area (Å²) in [5, 5.41) is 10.6. The summed E-state index contributed by atoms with van der Waals surface area (Å²) in [6.45, 7) is 0.911. The third kappa shape index (κ3) is 6.57. The van der Waals surface area contributed by atoms with Crippen LogP contribution in [0.4, 0.5) is 5.69 Å². The van der Waals surface area contributed by atoms with Gasteiger partial charge in [0.25, 0.3) is 5.69 Å². The second kappa shape index (κ2) is 10.1. The lowest BCUT2D eigenvalue weighted by atomic mass is 10.2. The summed E-state index contributed by atoms with van der Waals surface area (Å²) in [6, 6.07) is 5.83. The van der Waals surface area contributed by atoms with Gasteiger partial charge in [-0.25, -0.2) is 0 Å². The molecule has 130 valence electrons. The Labute approximate surface area is 139 Å². The molecule has 24 heavy (non-hydrogen) atoms. The molecule has 0 aliphatic heterocycles. The first-order valence-electron chi connectivity index (χ1n) is 7.25. The van der Waals surface area contributed by atoms with Gasteiger partial charge >= 0.3 is 5.97 Å². The Morgan fingerprint density at radius 1 is 1.21 bits per heavy atom. The van der Waals surface area contributed by atoms with Crippen LogP contribution in [0.3, 0.4) is 0 Å². The first-order chi connectivity index (χ1) is 11.5. The van der Waals surface area contributed by atoms with Crippen molar-refractivity contribution in [3.63, 3.8) is 0 Å². The molecule has 0 N–H and O–H groups in total. The molecule has 0 bridgehead atoms. The van der Waals surface area contributed by atoms with Crippen LogP contribution in [0.2, 0.25) is 0 Å². The summed E-state index contributed by atoms with van der Waals surface area (Å²) in [5.74, 6) is -0.682. The number of benzene rings is 1.